The van der Waals surface area contributed by atoms with Crippen LogP contribution >= 0.6 is 0 Å². The van der Waals surface area contributed by atoms with Crippen LogP contribution in [0.5, 0.6) is 0 Å². The largest absolute Gasteiger partial charge is 0.396 e. The number of nitrogen functional groups attached to an aromatic ring is 1. The maximum absolute atomic E-state index is 13.6. The number of hydrogen-bond donors (Lipinski definition) is 2. The van der Waals surface area contributed by atoms with Crippen molar-refractivity contribution >= 4 is 11.6 Å². The van der Waals surface area contributed by atoms with Gasteiger partial charge in [0.15, 0.2) is 5.82 Å². The van der Waals surface area contributed by atoms with Crippen LogP contribution in [0.15, 0.2) is 12.1 Å². The van der Waals surface area contributed by atoms with E-state index >= 15 is 0 Å². The van der Waals surface area contributed by atoms with Gasteiger partial charge < -0.3 is 15.8 Å². The lowest BCUT2D eigenvalue weighted by atomic mass is 10.1. The van der Waals surface area contributed by atoms with E-state index in [1.54, 1.807) is 13.8 Å². The minimum atomic E-state index is -0.923. The number of amides is 1. The molecule has 0 aliphatic rings. The molecule has 0 saturated heterocycles. The average molecular weight is 272 g/mol. The highest BCUT2D eigenvalue weighted by molar-refractivity contribution is 5.95. The number of carbonyl (C=O) groups is 1. The molecule has 0 radical (unpaired) electrons. The fraction of sp³-hybridized carbons (Fsp3) is 0.462. The lowest BCUT2D eigenvalue weighted by Crippen LogP contribution is -2.40. The molecule has 0 spiro atoms. The number of ether oxygens (including phenoxy) is 1. The van der Waals surface area contributed by atoms with E-state index in [0.717, 1.165) is 12.1 Å². The van der Waals surface area contributed by atoms with E-state index in [-0.39, 0.29) is 6.54 Å². The summed E-state index contributed by atoms with van der Waals surface area (Å²) in [6.45, 7) is 6.07. The first kappa shape index (κ1) is 15.4. The number of carbonyl (C=O) groups excluding carboxylic acids is 1. The third-order valence-corrected chi connectivity index (χ3v) is 2.52. The molecule has 3 N–H and O–H groups in total. The summed E-state index contributed by atoms with van der Waals surface area (Å²) in [5, 5.41) is 2.49. The second-order valence-corrected chi connectivity index (χ2v) is 4.73. The third kappa shape index (κ3) is 4.17. The lowest BCUT2D eigenvalue weighted by Gasteiger charge is -2.24. The van der Waals surface area contributed by atoms with Crippen molar-refractivity contribution in [1.82, 2.24) is 5.32 Å². The summed E-state index contributed by atoms with van der Waals surface area (Å²) in [5.74, 6) is -2.40. The molecular formula is C13H18F2N2O2. The van der Waals surface area contributed by atoms with Gasteiger partial charge in [0.1, 0.15) is 5.82 Å². The van der Waals surface area contributed by atoms with E-state index in [4.69, 9.17) is 10.5 Å². The van der Waals surface area contributed by atoms with Crippen molar-refractivity contribution in [2.45, 2.75) is 26.4 Å². The third-order valence-electron chi connectivity index (χ3n) is 2.52. The van der Waals surface area contributed by atoms with Gasteiger partial charge in [0.25, 0.3) is 5.91 Å². The summed E-state index contributed by atoms with van der Waals surface area (Å²) in [6, 6.07) is 1.64. The van der Waals surface area contributed by atoms with Crippen LogP contribution in [0, 0.1) is 11.6 Å². The van der Waals surface area contributed by atoms with Crippen LogP contribution in [-0.4, -0.2) is 24.7 Å². The molecule has 1 rings (SSSR count). The molecule has 0 aliphatic heterocycles. The van der Waals surface area contributed by atoms with Crippen LogP contribution in [-0.2, 0) is 4.74 Å². The molecule has 0 saturated carbocycles. The van der Waals surface area contributed by atoms with Crippen molar-refractivity contribution < 1.29 is 18.3 Å². The summed E-state index contributed by atoms with van der Waals surface area (Å²) in [7, 11) is 0. The zero-order valence-corrected chi connectivity index (χ0v) is 11.2. The van der Waals surface area contributed by atoms with E-state index < -0.39 is 34.4 Å². The van der Waals surface area contributed by atoms with Crippen molar-refractivity contribution in [2.75, 3.05) is 18.9 Å². The highest BCUT2D eigenvalue weighted by Gasteiger charge is 2.21. The standard InChI is InChI=1S/C13H18F2N2O2/c1-4-19-13(2,3)7-17-12(18)9-5-8(14)6-10(16)11(9)15/h5-6H,4,7,16H2,1-3H3,(H,17,18). The highest BCUT2D eigenvalue weighted by Crippen LogP contribution is 2.17. The highest BCUT2D eigenvalue weighted by atomic mass is 19.1. The summed E-state index contributed by atoms with van der Waals surface area (Å²) >= 11 is 0. The molecule has 0 aromatic heterocycles. The Kier molecular flexibility index (Phi) is 4.83. The molecule has 106 valence electrons. The first-order valence-corrected chi connectivity index (χ1v) is 5.93. The Morgan fingerprint density at radius 1 is 1.42 bits per heavy atom. The van der Waals surface area contributed by atoms with Crippen LogP contribution < -0.4 is 11.1 Å². The Balaban J connectivity index is 2.80. The van der Waals surface area contributed by atoms with E-state index in [0.29, 0.717) is 6.61 Å². The number of benzene rings is 1. The first-order chi connectivity index (χ1) is 8.76. The molecule has 0 atom stereocenters. The molecular weight excluding hydrogens is 254 g/mol. The minimum Gasteiger partial charge on any atom is -0.396 e. The number of nitrogens with one attached hydrogen (secondary N) is 1. The normalized spacial score (nSPS) is 11.4. The van der Waals surface area contributed by atoms with Crippen molar-refractivity contribution in [1.29, 1.82) is 0 Å². The smallest absolute Gasteiger partial charge is 0.254 e. The molecule has 1 aromatic carbocycles. The molecule has 4 nitrogen and oxygen atoms in total. The van der Waals surface area contributed by atoms with Gasteiger partial charge in [-0.05, 0) is 32.9 Å². The molecule has 1 amide bonds. The maximum atomic E-state index is 13.6. The van der Waals surface area contributed by atoms with Gasteiger partial charge in [0.05, 0.1) is 16.9 Å². The number of anilines is 1. The molecule has 0 unspecified atom stereocenters. The molecule has 0 aliphatic carbocycles. The Labute approximate surface area is 110 Å². The van der Waals surface area contributed by atoms with Crippen LogP contribution in [0.4, 0.5) is 14.5 Å². The average Bonchev–Trinajstić information content (AvgIpc) is 2.31. The maximum Gasteiger partial charge on any atom is 0.254 e. The van der Waals surface area contributed by atoms with Gasteiger partial charge in [-0.15, -0.1) is 0 Å². The summed E-state index contributed by atoms with van der Waals surface area (Å²) in [5.41, 5.74) is 3.88. The van der Waals surface area contributed by atoms with E-state index in [1.165, 1.54) is 0 Å². The fourth-order valence-corrected chi connectivity index (χ4v) is 1.61. The van der Waals surface area contributed by atoms with E-state index in [1.807, 2.05) is 6.92 Å². The van der Waals surface area contributed by atoms with Crippen LogP contribution in [0.25, 0.3) is 0 Å². The number of halogens is 2. The zero-order valence-electron chi connectivity index (χ0n) is 11.2. The van der Waals surface area contributed by atoms with Gasteiger partial charge in [-0.1, -0.05) is 0 Å². The number of nitrogens with two attached hydrogens (primary N) is 1. The predicted octanol–water partition coefficient (Wildman–Crippen LogP) is 2.09. The van der Waals surface area contributed by atoms with Crippen molar-refractivity contribution in [3.8, 4) is 0 Å². The predicted molar refractivity (Wildman–Crippen MR) is 68.8 cm³/mol. The van der Waals surface area contributed by atoms with Gasteiger partial charge >= 0.3 is 0 Å². The molecule has 6 heteroatoms. The van der Waals surface area contributed by atoms with E-state index in [9.17, 15) is 13.6 Å². The quantitative estimate of drug-likeness (QED) is 0.807. The minimum absolute atomic E-state index is 0.176. The molecule has 0 fully saturated rings. The van der Waals surface area contributed by atoms with Crippen LogP contribution in [0.2, 0.25) is 0 Å². The van der Waals surface area contributed by atoms with Crippen molar-refractivity contribution in [3.63, 3.8) is 0 Å². The fourth-order valence-electron chi connectivity index (χ4n) is 1.61. The zero-order chi connectivity index (χ0) is 14.6. The molecule has 1 aromatic rings. The lowest BCUT2D eigenvalue weighted by molar-refractivity contribution is -0.00818. The molecule has 19 heavy (non-hydrogen) atoms. The Hall–Kier alpha value is -1.69. The van der Waals surface area contributed by atoms with Crippen LogP contribution in [0.3, 0.4) is 0 Å². The summed E-state index contributed by atoms with van der Waals surface area (Å²) in [6.07, 6.45) is 0. The second-order valence-electron chi connectivity index (χ2n) is 4.73. The van der Waals surface area contributed by atoms with Crippen molar-refractivity contribution in [3.05, 3.63) is 29.3 Å². The Morgan fingerprint density at radius 3 is 2.63 bits per heavy atom. The summed E-state index contributed by atoms with van der Waals surface area (Å²) < 4.78 is 32.1. The van der Waals surface area contributed by atoms with Crippen molar-refractivity contribution in [2.24, 2.45) is 0 Å². The van der Waals surface area contributed by atoms with E-state index in [2.05, 4.69) is 5.32 Å². The van der Waals surface area contributed by atoms with Gasteiger partial charge in [0, 0.05) is 13.2 Å². The Morgan fingerprint density at radius 2 is 2.05 bits per heavy atom. The van der Waals surface area contributed by atoms with Gasteiger partial charge in [0.2, 0.25) is 0 Å². The van der Waals surface area contributed by atoms with Crippen LogP contribution in [0.1, 0.15) is 31.1 Å². The topological polar surface area (TPSA) is 64.3 Å². The first-order valence-electron chi connectivity index (χ1n) is 5.93. The monoisotopic (exact) mass is 272 g/mol. The van der Waals surface area contributed by atoms with Gasteiger partial charge in [-0.2, -0.15) is 0 Å². The number of hydrogen-bond acceptors (Lipinski definition) is 3. The second kappa shape index (κ2) is 5.97. The molecule has 0 heterocycles. The number of rotatable bonds is 5. The van der Waals surface area contributed by atoms with Gasteiger partial charge in [-0.3, -0.25) is 4.79 Å². The summed E-state index contributed by atoms with van der Waals surface area (Å²) in [4.78, 5) is 11.8. The molecule has 0 bridgehead atoms. The van der Waals surface area contributed by atoms with Gasteiger partial charge in [-0.25, -0.2) is 8.78 Å². The SMILES string of the molecule is CCOC(C)(C)CNC(=O)c1cc(F)cc(N)c1F. The Bertz CT molecular complexity index is 476.